The van der Waals surface area contributed by atoms with Gasteiger partial charge in [-0.15, -0.1) is 0 Å². The molecule has 0 saturated heterocycles. The summed E-state index contributed by atoms with van der Waals surface area (Å²) in [7, 11) is 0. The molecule has 0 atom stereocenters. The van der Waals surface area contributed by atoms with Gasteiger partial charge in [-0.3, -0.25) is 0 Å². The maximum Gasteiger partial charge on any atom is 0.367 e. The highest BCUT2D eigenvalue weighted by Crippen LogP contribution is 2.21. The van der Waals surface area contributed by atoms with E-state index < -0.39 is 11.8 Å². The van der Waals surface area contributed by atoms with Gasteiger partial charge in [-0.2, -0.15) is 4.39 Å². The van der Waals surface area contributed by atoms with Crippen LogP contribution in [0.15, 0.2) is 48.3 Å². The van der Waals surface area contributed by atoms with Crippen molar-refractivity contribution in [3.05, 3.63) is 53.9 Å². The van der Waals surface area contributed by atoms with Crippen LogP contribution in [0.2, 0.25) is 0 Å². The molecule has 2 nitrogen and oxygen atoms in total. The van der Waals surface area contributed by atoms with Crippen molar-refractivity contribution in [2.24, 2.45) is 0 Å². The van der Waals surface area contributed by atoms with Gasteiger partial charge in [-0.05, 0) is 28.8 Å². The molecule has 0 fully saturated rings. The summed E-state index contributed by atoms with van der Waals surface area (Å²) in [5.41, 5.74) is 0.674. The molecule has 0 aliphatic carbocycles. The number of carbonyl (C=O) groups is 1. The Hall–Kier alpha value is -2.16. The molecule has 0 aromatic heterocycles. The Bertz CT molecular complexity index is 626. The Balaban J connectivity index is 2.21. The van der Waals surface area contributed by atoms with Gasteiger partial charge in [0.2, 0.25) is 5.83 Å². The van der Waals surface area contributed by atoms with Crippen molar-refractivity contribution in [3.8, 4) is 0 Å². The van der Waals surface area contributed by atoms with Gasteiger partial charge < -0.3 is 4.74 Å². The first kappa shape index (κ1) is 14.3. The van der Waals surface area contributed by atoms with Gasteiger partial charge in [-0.25, -0.2) is 4.79 Å². The zero-order valence-corrected chi connectivity index (χ0v) is 11.4. The summed E-state index contributed by atoms with van der Waals surface area (Å²) < 4.78 is 18.7. The number of halogens is 1. The molecule has 0 spiro atoms. The Morgan fingerprint density at radius 2 is 1.95 bits per heavy atom. The van der Waals surface area contributed by atoms with Gasteiger partial charge in [0.25, 0.3) is 0 Å². The predicted molar refractivity (Wildman–Crippen MR) is 78.9 cm³/mol. The number of hydrogen-bond acceptors (Lipinski definition) is 2. The molecule has 0 amide bonds. The summed E-state index contributed by atoms with van der Waals surface area (Å²) in [5.74, 6) is -1.76. The Labute approximate surface area is 117 Å². The smallest absolute Gasteiger partial charge is 0.367 e. The second kappa shape index (κ2) is 6.85. The third kappa shape index (κ3) is 3.44. The maximum absolute atomic E-state index is 13.8. The highest BCUT2D eigenvalue weighted by atomic mass is 19.1. The lowest BCUT2D eigenvalue weighted by Crippen LogP contribution is -2.06. The standard InChI is InChI=1S/C17H17FO2/c1-2-3-11-20-17(19)16(18)12-14-9-6-8-13-7-4-5-10-15(13)14/h4-10,12H,2-3,11H2,1H3/b16-12+. The molecule has 0 unspecified atom stereocenters. The zero-order chi connectivity index (χ0) is 14.4. The number of ether oxygens (including phenoxy) is 1. The molecular formula is C17H17FO2. The fourth-order valence-corrected chi connectivity index (χ4v) is 1.95. The summed E-state index contributed by atoms with van der Waals surface area (Å²) in [6.07, 6.45) is 2.88. The summed E-state index contributed by atoms with van der Waals surface area (Å²) in [6.45, 7) is 2.24. The Morgan fingerprint density at radius 3 is 2.75 bits per heavy atom. The number of carbonyl (C=O) groups excluding carboxylic acids is 1. The first-order valence-corrected chi connectivity index (χ1v) is 6.74. The van der Waals surface area contributed by atoms with Gasteiger partial charge in [0.05, 0.1) is 6.61 Å². The lowest BCUT2D eigenvalue weighted by atomic mass is 10.0. The summed E-state index contributed by atoms with van der Waals surface area (Å²) in [6, 6.07) is 13.2. The number of rotatable bonds is 5. The zero-order valence-electron chi connectivity index (χ0n) is 11.4. The molecule has 20 heavy (non-hydrogen) atoms. The van der Waals surface area contributed by atoms with Crippen molar-refractivity contribution < 1.29 is 13.9 Å². The fourth-order valence-electron chi connectivity index (χ4n) is 1.95. The minimum absolute atomic E-state index is 0.256. The van der Waals surface area contributed by atoms with E-state index in [1.807, 2.05) is 43.3 Å². The lowest BCUT2D eigenvalue weighted by Gasteiger charge is -2.04. The van der Waals surface area contributed by atoms with Crippen LogP contribution < -0.4 is 0 Å². The van der Waals surface area contributed by atoms with Gasteiger partial charge in [0, 0.05) is 0 Å². The number of esters is 1. The van der Waals surface area contributed by atoms with Crippen molar-refractivity contribution in [2.45, 2.75) is 19.8 Å². The maximum atomic E-state index is 13.8. The van der Waals surface area contributed by atoms with E-state index in [9.17, 15) is 9.18 Å². The van der Waals surface area contributed by atoms with Crippen LogP contribution in [-0.2, 0) is 9.53 Å². The molecule has 0 saturated carbocycles. The molecule has 3 heteroatoms. The van der Waals surface area contributed by atoms with Crippen LogP contribution >= 0.6 is 0 Å². The number of unbranched alkanes of at least 4 members (excludes halogenated alkanes) is 1. The SMILES string of the molecule is CCCCOC(=O)/C(F)=C\c1cccc2ccccc12. The second-order valence-electron chi connectivity index (χ2n) is 4.55. The van der Waals surface area contributed by atoms with Crippen molar-refractivity contribution in [2.75, 3.05) is 6.61 Å². The number of fused-ring (bicyclic) bond motifs is 1. The van der Waals surface area contributed by atoms with Crippen LogP contribution in [-0.4, -0.2) is 12.6 Å². The normalized spacial score (nSPS) is 11.6. The molecular weight excluding hydrogens is 255 g/mol. The first-order chi connectivity index (χ1) is 9.72. The molecule has 0 aliphatic heterocycles. The minimum atomic E-state index is -0.897. The van der Waals surface area contributed by atoms with Crippen molar-refractivity contribution in [3.63, 3.8) is 0 Å². The topological polar surface area (TPSA) is 26.3 Å². The highest BCUT2D eigenvalue weighted by molar-refractivity contribution is 5.96. The van der Waals surface area contributed by atoms with Crippen LogP contribution in [0.1, 0.15) is 25.3 Å². The molecule has 0 N–H and O–H groups in total. The van der Waals surface area contributed by atoms with Crippen LogP contribution in [0.4, 0.5) is 4.39 Å². The summed E-state index contributed by atoms with van der Waals surface area (Å²) in [5, 5.41) is 1.92. The Kier molecular flexibility index (Phi) is 4.88. The van der Waals surface area contributed by atoms with Crippen molar-refractivity contribution in [1.82, 2.24) is 0 Å². The monoisotopic (exact) mass is 272 g/mol. The third-order valence-electron chi connectivity index (χ3n) is 3.03. The third-order valence-corrected chi connectivity index (χ3v) is 3.03. The van der Waals surface area contributed by atoms with E-state index in [0.717, 1.165) is 23.6 Å². The molecule has 2 aromatic carbocycles. The van der Waals surface area contributed by atoms with Crippen molar-refractivity contribution in [1.29, 1.82) is 0 Å². The van der Waals surface area contributed by atoms with Crippen molar-refractivity contribution >= 4 is 22.8 Å². The van der Waals surface area contributed by atoms with Gasteiger partial charge in [-0.1, -0.05) is 55.8 Å². The molecule has 0 bridgehead atoms. The van der Waals surface area contributed by atoms with Crippen LogP contribution in [0.25, 0.3) is 16.8 Å². The molecule has 0 aliphatic rings. The van der Waals surface area contributed by atoms with E-state index >= 15 is 0 Å². The van der Waals surface area contributed by atoms with E-state index in [1.165, 1.54) is 6.08 Å². The average molecular weight is 272 g/mol. The lowest BCUT2D eigenvalue weighted by molar-refractivity contribution is -0.140. The van der Waals surface area contributed by atoms with Crippen LogP contribution in [0.5, 0.6) is 0 Å². The van der Waals surface area contributed by atoms with E-state index in [-0.39, 0.29) is 6.61 Å². The highest BCUT2D eigenvalue weighted by Gasteiger charge is 2.10. The quantitative estimate of drug-likeness (QED) is 0.455. The summed E-state index contributed by atoms with van der Waals surface area (Å²) in [4.78, 5) is 11.5. The number of benzene rings is 2. The molecule has 0 radical (unpaired) electrons. The first-order valence-electron chi connectivity index (χ1n) is 6.74. The second-order valence-corrected chi connectivity index (χ2v) is 4.55. The molecule has 104 valence electrons. The van der Waals surface area contributed by atoms with Gasteiger partial charge >= 0.3 is 5.97 Å². The fraction of sp³-hybridized carbons (Fsp3) is 0.235. The minimum Gasteiger partial charge on any atom is -0.460 e. The average Bonchev–Trinajstić information content (AvgIpc) is 2.47. The van der Waals surface area contributed by atoms with E-state index in [1.54, 1.807) is 6.07 Å². The Morgan fingerprint density at radius 1 is 1.20 bits per heavy atom. The molecule has 2 aromatic rings. The molecule has 2 rings (SSSR count). The van der Waals surface area contributed by atoms with Crippen LogP contribution in [0, 0.1) is 0 Å². The van der Waals surface area contributed by atoms with Crippen LogP contribution in [0.3, 0.4) is 0 Å². The summed E-state index contributed by atoms with van der Waals surface area (Å²) >= 11 is 0. The van der Waals surface area contributed by atoms with E-state index in [4.69, 9.17) is 4.74 Å². The largest absolute Gasteiger partial charge is 0.460 e. The predicted octanol–water partition coefficient (Wildman–Crippen LogP) is 4.49. The number of hydrogen-bond donors (Lipinski definition) is 0. The van der Waals surface area contributed by atoms with Gasteiger partial charge in [0.15, 0.2) is 0 Å². The van der Waals surface area contributed by atoms with Gasteiger partial charge in [0.1, 0.15) is 0 Å². The molecule has 0 heterocycles. The van der Waals surface area contributed by atoms with E-state index in [2.05, 4.69) is 0 Å². The van der Waals surface area contributed by atoms with E-state index in [0.29, 0.717) is 5.56 Å².